The summed E-state index contributed by atoms with van der Waals surface area (Å²) in [7, 11) is 0. The number of hydrogen-bond donors (Lipinski definition) is 1. The van der Waals surface area contributed by atoms with E-state index in [0.717, 1.165) is 5.39 Å². The Morgan fingerprint density at radius 1 is 1.20 bits per heavy atom. The summed E-state index contributed by atoms with van der Waals surface area (Å²) in [6.07, 6.45) is 0. The predicted octanol–water partition coefficient (Wildman–Crippen LogP) is 4.88. The van der Waals surface area contributed by atoms with Crippen LogP contribution in [0.4, 0.5) is 5.13 Å². The molecule has 1 amide bonds. The SMILES string of the molecule is O=C(Nc1nc(-c2cc3ccccc3oc2=O)cs1)c1ccc(Cl)s1. The molecule has 0 atom stereocenters. The van der Waals surface area contributed by atoms with Gasteiger partial charge < -0.3 is 4.42 Å². The number of fused-ring (bicyclic) bond motifs is 1. The van der Waals surface area contributed by atoms with Crippen molar-refractivity contribution in [3.8, 4) is 11.3 Å². The number of aromatic nitrogens is 1. The van der Waals surface area contributed by atoms with Gasteiger partial charge in [0.1, 0.15) is 5.58 Å². The first-order chi connectivity index (χ1) is 12.1. The van der Waals surface area contributed by atoms with E-state index in [0.29, 0.717) is 31.2 Å². The van der Waals surface area contributed by atoms with Gasteiger partial charge in [-0.15, -0.1) is 22.7 Å². The number of benzene rings is 1. The molecular weight excluding hydrogens is 380 g/mol. The van der Waals surface area contributed by atoms with E-state index >= 15 is 0 Å². The molecule has 3 aromatic heterocycles. The minimum absolute atomic E-state index is 0.289. The van der Waals surface area contributed by atoms with Gasteiger partial charge in [-0.3, -0.25) is 10.1 Å². The van der Waals surface area contributed by atoms with Crippen molar-refractivity contribution in [2.45, 2.75) is 0 Å². The number of carbonyl (C=O) groups excluding carboxylic acids is 1. The van der Waals surface area contributed by atoms with E-state index in [1.165, 1.54) is 22.7 Å². The predicted molar refractivity (Wildman–Crippen MR) is 101 cm³/mol. The number of carbonyl (C=O) groups is 1. The van der Waals surface area contributed by atoms with Crippen LogP contribution < -0.4 is 10.9 Å². The van der Waals surface area contributed by atoms with E-state index in [2.05, 4.69) is 10.3 Å². The molecule has 4 rings (SSSR count). The first-order valence-electron chi connectivity index (χ1n) is 7.15. The summed E-state index contributed by atoms with van der Waals surface area (Å²) in [5.74, 6) is -0.289. The minimum Gasteiger partial charge on any atom is -0.422 e. The van der Waals surface area contributed by atoms with Gasteiger partial charge in [0.25, 0.3) is 5.91 Å². The topological polar surface area (TPSA) is 72.2 Å². The van der Waals surface area contributed by atoms with E-state index in [4.69, 9.17) is 16.0 Å². The average Bonchev–Trinajstić information content (AvgIpc) is 3.23. The van der Waals surface area contributed by atoms with Crippen LogP contribution in [0.25, 0.3) is 22.2 Å². The quantitative estimate of drug-likeness (QED) is 0.507. The second-order valence-electron chi connectivity index (χ2n) is 5.08. The van der Waals surface area contributed by atoms with E-state index < -0.39 is 5.63 Å². The fourth-order valence-electron chi connectivity index (χ4n) is 2.29. The van der Waals surface area contributed by atoms with Crippen LogP contribution in [0.5, 0.6) is 0 Å². The number of nitrogens with one attached hydrogen (secondary N) is 1. The average molecular weight is 389 g/mol. The lowest BCUT2D eigenvalue weighted by molar-refractivity contribution is 0.103. The molecule has 0 fully saturated rings. The minimum atomic E-state index is -0.466. The zero-order chi connectivity index (χ0) is 17.4. The Bertz CT molecular complexity index is 1150. The molecule has 0 aliphatic rings. The van der Waals surface area contributed by atoms with Gasteiger partial charge in [-0.05, 0) is 24.3 Å². The Kier molecular flexibility index (Phi) is 4.12. The van der Waals surface area contributed by atoms with Crippen LogP contribution in [-0.4, -0.2) is 10.9 Å². The van der Waals surface area contributed by atoms with E-state index in [9.17, 15) is 9.59 Å². The van der Waals surface area contributed by atoms with Crippen molar-refractivity contribution in [1.29, 1.82) is 0 Å². The van der Waals surface area contributed by atoms with Crippen LogP contribution in [0.1, 0.15) is 9.67 Å². The summed E-state index contributed by atoms with van der Waals surface area (Å²) < 4.78 is 5.86. The number of nitrogens with zero attached hydrogens (tertiary/aromatic N) is 1. The van der Waals surface area contributed by atoms with Crippen LogP contribution in [-0.2, 0) is 0 Å². The Morgan fingerprint density at radius 3 is 2.84 bits per heavy atom. The lowest BCUT2D eigenvalue weighted by atomic mass is 10.1. The summed E-state index contributed by atoms with van der Waals surface area (Å²) in [5.41, 5.74) is 0.875. The van der Waals surface area contributed by atoms with Gasteiger partial charge in [-0.25, -0.2) is 9.78 Å². The molecule has 0 radical (unpaired) electrons. The molecule has 5 nitrogen and oxygen atoms in total. The third kappa shape index (κ3) is 3.21. The van der Waals surface area contributed by atoms with Crippen molar-refractivity contribution < 1.29 is 9.21 Å². The van der Waals surface area contributed by atoms with Crippen LogP contribution in [0.2, 0.25) is 4.34 Å². The maximum atomic E-state index is 12.2. The van der Waals surface area contributed by atoms with Crippen LogP contribution in [0, 0.1) is 0 Å². The largest absolute Gasteiger partial charge is 0.422 e. The summed E-state index contributed by atoms with van der Waals surface area (Å²) >= 11 is 8.26. The van der Waals surface area contributed by atoms with Gasteiger partial charge in [0.15, 0.2) is 5.13 Å². The lowest BCUT2D eigenvalue weighted by Gasteiger charge is -2.00. The molecule has 0 aliphatic carbocycles. The van der Waals surface area contributed by atoms with Gasteiger partial charge in [0.05, 0.1) is 20.5 Å². The number of hydrogen-bond acceptors (Lipinski definition) is 6. The molecule has 1 aromatic carbocycles. The molecule has 0 spiro atoms. The summed E-state index contributed by atoms with van der Waals surface area (Å²) in [4.78, 5) is 29.1. The highest BCUT2D eigenvalue weighted by Crippen LogP contribution is 2.27. The highest BCUT2D eigenvalue weighted by atomic mass is 35.5. The number of anilines is 1. The van der Waals surface area contributed by atoms with Gasteiger partial charge in [-0.2, -0.15) is 0 Å². The fourth-order valence-corrected chi connectivity index (χ4v) is 3.93. The molecule has 124 valence electrons. The molecule has 1 N–H and O–H groups in total. The number of halogens is 1. The number of thiazole rings is 1. The number of para-hydroxylation sites is 1. The summed E-state index contributed by atoms with van der Waals surface area (Å²) in [6, 6.07) is 12.3. The van der Waals surface area contributed by atoms with E-state index in [1.807, 2.05) is 12.1 Å². The second kappa shape index (κ2) is 6.44. The third-order valence-electron chi connectivity index (χ3n) is 3.44. The highest BCUT2D eigenvalue weighted by Gasteiger charge is 2.14. The van der Waals surface area contributed by atoms with Gasteiger partial charge in [-0.1, -0.05) is 29.8 Å². The Hall–Kier alpha value is -2.48. The van der Waals surface area contributed by atoms with Crippen LogP contribution >= 0.6 is 34.3 Å². The molecule has 3 heterocycles. The Balaban J connectivity index is 1.64. The zero-order valence-electron chi connectivity index (χ0n) is 12.5. The molecule has 0 saturated carbocycles. The molecule has 0 bridgehead atoms. The van der Waals surface area contributed by atoms with Crippen molar-refractivity contribution in [3.63, 3.8) is 0 Å². The molecule has 0 aliphatic heterocycles. The lowest BCUT2D eigenvalue weighted by Crippen LogP contribution is -2.10. The van der Waals surface area contributed by atoms with Gasteiger partial charge in [0.2, 0.25) is 0 Å². The van der Waals surface area contributed by atoms with Crippen molar-refractivity contribution >= 4 is 56.3 Å². The number of thiophene rings is 1. The highest BCUT2D eigenvalue weighted by molar-refractivity contribution is 7.18. The molecule has 4 aromatic rings. The smallest absolute Gasteiger partial charge is 0.345 e. The number of amides is 1. The van der Waals surface area contributed by atoms with E-state index in [-0.39, 0.29) is 5.91 Å². The maximum absolute atomic E-state index is 12.2. The molecule has 8 heteroatoms. The van der Waals surface area contributed by atoms with Crippen molar-refractivity contribution in [3.05, 3.63) is 67.5 Å². The molecular formula is C17H9ClN2O3S2. The second-order valence-corrected chi connectivity index (χ2v) is 7.65. The van der Waals surface area contributed by atoms with E-state index in [1.54, 1.807) is 35.7 Å². The van der Waals surface area contributed by atoms with Crippen LogP contribution in [0.15, 0.2) is 57.1 Å². The first-order valence-corrected chi connectivity index (χ1v) is 9.23. The van der Waals surface area contributed by atoms with Gasteiger partial charge in [0, 0.05) is 10.8 Å². The maximum Gasteiger partial charge on any atom is 0.345 e. The Morgan fingerprint density at radius 2 is 2.04 bits per heavy atom. The van der Waals surface area contributed by atoms with Crippen molar-refractivity contribution in [2.75, 3.05) is 5.32 Å². The fraction of sp³-hybridized carbons (Fsp3) is 0. The molecule has 0 unspecified atom stereocenters. The summed E-state index contributed by atoms with van der Waals surface area (Å²) in [6.45, 7) is 0. The monoisotopic (exact) mass is 388 g/mol. The third-order valence-corrected chi connectivity index (χ3v) is 5.43. The Labute approximate surface area is 154 Å². The molecule has 0 saturated heterocycles. The normalized spacial score (nSPS) is 10.9. The number of rotatable bonds is 3. The first kappa shape index (κ1) is 16.0. The van der Waals surface area contributed by atoms with Crippen LogP contribution in [0.3, 0.4) is 0 Å². The van der Waals surface area contributed by atoms with Crippen molar-refractivity contribution in [1.82, 2.24) is 4.98 Å². The molecule has 25 heavy (non-hydrogen) atoms. The van der Waals surface area contributed by atoms with Gasteiger partial charge >= 0.3 is 5.63 Å². The van der Waals surface area contributed by atoms with Crippen molar-refractivity contribution in [2.24, 2.45) is 0 Å². The standard InChI is InChI=1S/C17H9ClN2O3S2/c18-14-6-5-13(25-14)15(21)20-17-19-11(8-24-17)10-7-9-3-1-2-4-12(9)23-16(10)22/h1-8H,(H,19,20,21). The zero-order valence-corrected chi connectivity index (χ0v) is 14.9. The summed E-state index contributed by atoms with van der Waals surface area (Å²) in [5, 5.41) is 5.62.